The molecule has 0 fully saturated rings. The van der Waals surface area contributed by atoms with Crippen molar-refractivity contribution in [1.29, 1.82) is 0 Å². The summed E-state index contributed by atoms with van der Waals surface area (Å²) in [5.41, 5.74) is 1.03. The summed E-state index contributed by atoms with van der Waals surface area (Å²) in [5, 5.41) is 4.53. The highest BCUT2D eigenvalue weighted by molar-refractivity contribution is 7.71. The maximum atomic E-state index is 13.0. The second-order valence-corrected chi connectivity index (χ2v) is 5.79. The van der Waals surface area contributed by atoms with Crippen LogP contribution in [0.5, 0.6) is 0 Å². The van der Waals surface area contributed by atoms with Gasteiger partial charge < -0.3 is 8.98 Å². The van der Waals surface area contributed by atoms with Gasteiger partial charge in [0.25, 0.3) is 0 Å². The molecule has 7 heteroatoms. The summed E-state index contributed by atoms with van der Waals surface area (Å²) in [6, 6.07) is 10.1. The van der Waals surface area contributed by atoms with Crippen molar-refractivity contribution < 1.29 is 8.81 Å². The molecule has 0 radical (unpaired) electrons. The Hall–Kier alpha value is -2.25. The van der Waals surface area contributed by atoms with Crippen molar-refractivity contribution in [1.82, 2.24) is 19.2 Å². The van der Waals surface area contributed by atoms with Crippen molar-refractivity contribution in [3.63, 3.8) is 0 Å². The summed E-state index contributed by atoms with van der Waals surface area (Å²) in [5.74, 6) is 1.14. The molecule has 5 nitrogen and oxygen atoms in total. The fourth-order valence-electron chi connectivity index (χ4n) is 2.38. The van der Waals surface area contributed by atoms with E-state index in [1.165, 1.54) is 12.1 Å². The van der Waals surface area contributed by atoms with E-state index >= 15 is 0 Å². The average molecular weight is 332 g/mol. The van der Waals surface area contributed by atoms with Gasteiger partial charge in [-0.1, -0.05) is 12.1 Å². The summed E-state index contributed by atoms with van der Waals surface area (Å²) in [6.07, 6.45) is 1.61. The van der Waals surface area contributed by atoms with Crippen molar-refractivity contribution in [2.75, 3.05) is 7.05 Å². The fourth-order valence-corrected chi connectivity index (χ4v) is 2.57. The third-order valence-corrected chi connectivity index (χ3v) is 4.01. The zero-order valence-electron chi connectivity index (χ0n) is 12.9. The van der Waals surface area contributed by atoms with E-state index < -0.39 is 0 Å². The summed E-state index contributed by atoms with van der Waals surface area (Å²) in [6.45, 7) is 1.21. The van der Waals surface area contributed by atoms with Crippen LogP contribution in [0.15, 0.2) is 47.1 Å². The number of furan rings is 1. The standard InChI is InChI=1S/C16H17FN4OS/c1-19(10-12-5-7-13(17)8-6-12)11-21-16(23)20(2)15(18-21)14-4-3-9-22-14/h3-9H,10-11H2,1-2H3. The van der Waals surface area contributed by atoms with Crippen LogP contribution in [0, 0.1) is 10.6 Å². The molecule has 2 aromatic heterocycles. The summed E-state index contributed by atoms with van der Waals surface area (Å²) < 4.78 is 22.5. The highest BCUT2D eigenvalue weighted by Gasteiger charge is 2.13. The fraction of sp³-hybridized carbons (Fsp3) is 0.250. The van der Waals surface area contributed by atoms with Gasteiger partial charge >= 0.3 is 0 Å². The molecule has 0 unspecified atom stereocenters. The lowest BCUT2D eigenvalue weighted by Gasteiger charge is -2.16. The van der Waals surface area contributed by atoms with E-state index in [-0.39, 0.29) is 5.82 Å². The first-order valence-corrected chi connectivity index (χ1v) is 7.56. The van der Waals surface area contributed by atoms with Gasteiger partial charge in [0, 0.05) is 13.6 Å². The molecule has 0 aliphatic rings. The molecule has 3 rings (SSSR count). The second-order valence-electron chi connectivity index (χ2n) is 5.42. The van der Waals surface area contributed by atoms with Gasteiger partial charge in [-0.05, 0) is 49.1 Å². The molecule has 0 aliphatic heterocycles. The van der Waals surface area contributed by atoms with Gasteiger partial charge in [0.15, 0.2) is 16.4 Å². The number of halogens is 1. The molecule has 2 heterocycles. The average Bonchev–Trinajstić information content (AvgIpc) is 3.14. The Bertz CT molecular complexity index is 836. The molecule has 0 amide bonds. The highest BCUT2D eigenvalue weighted by atomic mass is 32.1. The van der Waals surface area contributed by atoms with Gasteiger partial charge in [0.2, 0.25) is 0 Å². The Kier molecular flexibility index (Phi) is 4.40. The number of rotatable bonds is 5. The quantitative estimate of drug-likeness (QED) is 0.671. The van der Waals surface area contributed by atoms with Gasteiger partial charge in [0.1, 0.15) is 5.82 Å². The molecule has 0 N–H and O–H groups in total. The van der Waals surface area contributed by atoms with E-state index in [0.717, 1.165) is 5.56 Å². The SMILES string of the molecule is CN(Cc1ccc(F)cc1)Cn1nc(-c2ccco2)n(C)c1=S. The second kappa shape index (κ2) is 6.47. The minimum absolute atomic E-state index is 0.230. The van der Waals surface area contributed by atoms with Crippen LogP contribution in [0.1, 0.15) is 5.56 Å². The molecule has 0 aliphatic carbocycles. The van der Waals surface area contributed by atoms with E-state index in [1.807, 2.05) is 30.8 Å². The van der Waals surface area contributed by atoms with E-state index in [9.17, 15) is 4.39 Å². The summed E-state index contributed by atoms with van der Waals surface area (Å²) in [7, 11) is 3.83. The number of benzene rings is 1. The van der Waals surface area contributed by atoms with E-state index in [4.69, 9.17) is 16.6 Å². The first-order chi connectivity index (χ1) is 11.0. The van der Waals surface area contributed by atoms with Crippen LogP contribution < -0.4 is 0 Å². The topological polar surface area (TPSA) is 39.1 Å². The Morgan fingerprint density at radius 1 is 1.26 bits per heavy atom. The van der Waals surface area contributed by atoms with Crippen LogP contribution in [0.4, 0.5) is 4.39 Å². The maximum absolute atomic E-state index is 13.0. The van der Waals surface area contributed by atoms with Crippen molar-refractivity contribution in [3.8, 4) is 11.6 Å². The Labute approximate surface area is 138 Å². The van der Waals surface area contributed by atoms with E-state index in [2.05, 4.69) is 10.00 Å². The molecular formula is C16H17FN4OS. The van der Waals surface area contributed by atoms with Crippen LogP contribution in [-0.2, 0) is 20.3 Å². The molecule has 0 saturated heterocycles. The highest BCUT2D eigenvalue weighted by Crippen LogP contribution is 2.17. The molecule has 0 spiro atoms. The van der Waals surface area contributed by atoms with Gasteiger partial charge in [0.05, 0.1) is 12.9 Å². The van der Waals surface area contributed by atoms with Crippen molar-refractivity contribution in [2.24, 2.45) is 7.05 Å². The van der Waals surface area contributed by atoms with Crippen LogP contribution in [0.2, 0.25) is 0 Å². The molecule has 23 heavy (non-hydrogen) atoms. The molecule has 120 valence electrons. The molecular weight excluding hydrogens is 315 g/mol. The largest absolute Gasteiger partial charge is 0.461 e. The number of hydrogen-bond donors (Lipinski definition) is 0. The lowest BCUT2D eigenvalue weighted by molar-refractivity contribution is 0.244. The number of aromatic nitrogens is 3. The van der Waals surface area contributed by atoms with E-state index in [1.54, 1.807) is 23.1 Å². The molecule has 0 atom stereocenters. The summed E-state index contributed by atoms with van der Waals surface area (Å²) >= 11 is 5.43. The van der Waals surface area contributed by atoms with Crippen molar-refractivity contribution in [3.05, 3.63) is 58.8 Å². The van der Waals surface area contributed by atoms with Crippen LogP contribution in [0.3, 0.4) is 0 Å². The first-order valence-electron chi connectivity index (χ1n) is 7.15. The Morgan fingerprint density at radius 2 is 2.00 bits per heavy atom. The summed E-state index contributed by atoms with van der Waals surface area (Å²) in [4.78, 5) is 2.06. The molecule has 1 aromatic carbocycles. The first kappa shape index (κ1) is 15.6. The molecule has 0 saturated carbocycles. The lowest BCUT2D eigenvalue weighted by Crippen LogP contribution is -2.22. The maximum Gasteiger partial charge on any atom is 0.199 e. The third-order valence-electron chi connectivity index (χ3n) is 3.52. The molecule has 3 aromatic rings. The Balaban J connectivity index is 1.76. The third kappa shape index (κ3) is 3.40. The van der Waals surface area contributed by atoms with Crippen molar-refractivity contribution >= 4 is 12.2 Å². The number of hydrogen-bond acceptors (Lipinski definition) is 4. The smallest absolute Gasteiger partial charge is 0.199 e. The monoisotopic (exact) mass is 332 g/mol. The predicted octanol–water partition coefficient (Wildman–Crippen LogP) is 3.44. The molecule has 0 bridgehead atoms. The van der Waals surface area contributed by atoms with Gasteiger partial charge in [-0.25, -0.2) is 9.07 Å². The predicted molar refractivity (Wildman–Crippen MR) is 87.6 cm³/mol. The lowest BCUT2D eigenvalue weighted by atomic mass is 10.2. The van der Waals surface area contributed by atoms with Gasteiger partial charge in [-0.2, -0.15) is 0 Å². The zero-order chi connectivity index (χ0) is 16.4. The van der Waals surface area contributed by atoms with Gasteiger partial charge in [-0.3, -0.25) is 4.90 Å². The minimum atomic E-state index is -0.230. The normalized spacial score (nSPS) is 11.3. The minimum Gasteiger partial charge on any atom is -0.461 e. The van der Waals surface area contributed by atoms with Crippen LogP contribution in [0.25, 0.3) is 11.6 Å². The zero-order valence-corrected chi connectivity index (χ0v) is 13.8. The Morgan fingerprint density at radius 3 is 2.65 bits per heavy atom. The van der Waals surface area contributed by atoms with Crippen LogP contribution in [-0.4, -0.2) is 26.3 Å². The van der Waals surface area contributed by atoms with Crippen LogP contribution >= 0.6 is 12.2 Å². The van der Waals surface area contributed by atoms with Crippen molar-refractivity contribution in [2.45, 2.75) is 13.2 Å². The van der Waals surface area contributed by atoms with Gasteiger partial charge in [-0.15, -0.1) is 5.10 Å². The van der Waals surface area contributed by atoms with E-state index in [0.29, 0.717) is 29.6 Å². The number of nitrogens with zero attached hydrogens (tertiary/aromatic N) is 4.